The summed E-state index contributed by atoms with van der Waals surface area (Å²) in [5.74, 6) is -2.90. The van der Waals surface area contributed by atoms with Gasteiger partial charge in [-0.25, -0.2) is 9.18 Å². The molecular formula is C18H22FN3O4. The Kier molecular flexibility index (Phi) is 8.78. The standard InChI is InChI=1S/C18H22FN3O4/c1-12(23)21-16(11-13-7-4-5-8-14(13)19)17(24)22-15(18(25)26)9-3-2-6-10-20/h4-5,7-8,15-16H,2-3,6,9,11H2,1H3,(H,21,23)(H,22,24)(H,25,26)/t15-,16+/m0/s1. The van der Waals surface area contributed by atoms with E-state index in [1.807, 2.05) is 6.07 Å². The van der Waals surface area contributed by atoms with E-state index in [9.17, 15) is 23.9 Å². The van der Waals surface area contributed by atoms with Gasteiger partial charge in [-0.15, -0.1) is 0 Å². The van der Waals surface area contributed by atoms with Gasteiger partial charge in [0, 0.05) is 19.8 Å². The second-order valence-electron chi connectivity index (χ2n) is 5.85. The lowest BCUT2D eigenvalue weighted by Gasteiger charge is -2.21. The highest BCUT2D eigenvalue weighted by molar-refractivity contribution is 5.90. The molecule has 0 unspecified atom stereocenters. The highest BCUT2D eigenvalue weighted by Crippen LogP contribution is 2.10. The van der Waals surface area contributed by atoms with Gasteiger partial charge < -0.3 is 15.7 Å². The first-order valence-electron chi connectivity index (χ1n) is 8.25. The minimum absolute atomic E-state index is 0.0984. The van der Waals surface area contributed by atoms with Crippen molar-refractivity contribution in [2.75, 3.05) is 0 Å². The second kappa shape index (κ2) is 10.8. The van der Waals surface area contributed by atoms with Crippen molar-refractivity contribution in [1.82, 2.24) is 10.6 Å². The monoisotopic (exact) mass is 363 g/mol. The summed E-state index contributed by atoms with van der Waals surface area (Å²) in [5, 5.41) is 22.5. The van der Waals surface area contributed by atoms with Crippen LogP contribution in [0.3, 0.4) is 0 Å². The maximum absolute atomic E-state index is 13.8. The number of hydrogen-bond acceptors (Lipinski definition) is 4. The summed E-state index contributed by atoms with van der Waals surface area (Å²) in [6, 6.07) is 5.59. The summed E-state index contributed by atoms with van der Waals surface area (Å²) >= 11 is 0. The van der Waals surface area contributed by atoms with Crippen molar-refractivity contribution in [3.63, 3.8) is 0 Å². The highest BCUT2D eigenvalue weighted by Gasteiger charge is 2.26. The molecule has 140 valence electrons. The number of nitriles is 1. The zero-order valence-corrected chi connectivity index (χ0v) is 14.5. The first kappa shape index (κ1) is 21.1. The molecule has 0 spiro atoms. The largest absolute Gasteiger partial charge is 0.480 e. The van der Waals surface area contributed by atoms with Gasteiger partial charge in [-0.2, -0.15) is 5.26 Å². The van der Waals surface area contributed by atoms with Gasteiger partial charge in [0.05, 0.1) is 6.07 Å². The normalized spacial score (nSPS) is 12.5. The smallest absolute Gasteiger partial charge is 0.326 e. The third-order valence-corrected chi connectivity index (χ3v) is 3.72. The molecular weight excluding hydrogens is 341 g/mol. The Morgan fingerprint density at radius 2 is 1.88 bits per heavy atom. The van der Waals surface area contributed by atoms with Crippen LogP contribution in [0.15, 0.2) is 24.3 Å². The lowest BCUT2D eigenvalue weighted by atomic mass is 10.0. The number of unbranched alkanes of at least 4 members (excludes halogenated alkanes) is 2. The van der Waals surface area contributed by atoms with Gasteiger partial charge in [0.25, 0.3) is 0 Å². The number of carboxylic acids is 1. The summed E-state index contributed by atoms with van der Waals surface area (Å²) in [6.45, 7) is 1.22. The predicted molar refractivity (Wildman–Crippen MR) is 91.4 cm³/mol. The summed E-state index contributed by atoms with van der Waals surface area (Å²) in [5.41, 5.74) is 0.238. The number of aliphatic carboxylic acids is 1. The van der Waals surface area contributed by atoms with Crippen LogP contribution in [-0.4, -0.2) is 35.0 Å². The minimum atomic E-state index is -1.21. The molecule has 0 bridgehead atoms. The number of amides is 2. The summed E-state index contributed by atoms with van der Waals surface area (Å²) < 4.78 is 13.8. The van der Waals surface area contributed by atoms with Crippen LogP contribution >= 0.6 is 0 Å². The molecule has 2 amide bonds. The molecule has 1 rings (SSSR count). The van der Waals surface area contributed by atoms with E-state index in [0.29, 0.717) is 19.3 Å². The SMILES string of the molecule is CC(=O)N[C@H](Cc1ccccc1F)C(=O)N[C@@H](CCCCC#N)C(=O)O. The quantitative estimate of drug-likeness (QED) is 0.545. The fraction of sp³-hybridized carbons (Fsp3) is 0.444. The molecule has 0 aliphatic heterocycles. The average Bonchev–Trinajstić information content (AvgIpc) is 2.58. The zero-order chi connectivity index (χ0) is 19.5. The Hall–Kier alpha value is -2.95. The molecule has 1 aromatic carbocycles. The van der Waals surface area contributed by atoms with Gasteiger partial charge in [-0.3, -0.25) is 9.59 Å². The summed E-state index contributed by atoms with van der Waals surface area (Å²) in [7, 11) is 0. The Balaban J connectivity index is 2.80. The first-order chi connectivity index (χ1) is 12.3. The van der Waals surface area contributed by atoms with Crippen LogP contribution in [0.4, 0.5) is 4.39 Å². The molecule has 0 saturated carbocycles. The molecule has 0 saturated heterocycles. The average molecular weight is 363 g/mol. The lowest BCUT2D eigenvalue weighted by molar-refractivity contribution is -0.142. The van der Waals surface area contributed by atoms with Crippen LogP contribution in [0, 0.1) is 17.1 Å². The summed E-state index contributed by atoms with van der Waals surface area (Å²) in [4.78, 5) is 35.1. The molecule has 26 heavy (non-hydrogen) atoms. The Morgan fingerprint density at radius 3 is 2.46 bits per heavy atom. The molecule has 8 heteroatoms. The van der Waals surface area contributed by atoms with Crippen molar-refractivity contribution < 1.29 is 23.9 Å². The number of halogens is 1. The number of rotatable bonds is 10. The molecule has 2 atom stereocenters. The Bertz CT molecular complexity index is 687. The predicted octanol–water partition coefficient (Wildman–Crippen LogP) is 1.53. The van der Waals surface area contributed by atoms with Gasteiger partial charge >= 0.3 is 5.97 Å². The topological polar surface area (TPSA) is 119 Å². The number of nitrogens with one attached hydrogen (secondary N) is 2. The van der Waals surface area contributed by atoms with Crippen molar-refractivity contribution in [3.05, 3.63) is 35.6 Å². The van der Waals surface area contributed by atoms with E-state index in [4.69, 9.17) is 5.26 Å². The van der Waals surface area contributed by atoms with Gasteiger partial charge in [0.15, 0.2) is 0 Å². The van der Waals surface area contributed by atoms with Gasteiger partial charge in [-0.05, 0) is 30.9 Å². The molecule has 0 heterocycles. The number of carbonyl (C=O) groups is 3. The molecule has 0 aliphatic carbocycles. The van der Waals surface area contributed by atoms with Crippen molar-refractivity contribution in [2.24, 2.45) is 0 Å². The van der Waals surface area contributed by atoms with Crippen LogP contribution in [0.1, 0.15) is 38.2 Å². The number of hydrogen-bond donors (Lipinski definition) is 3. The fourth-order valence-electron chi connectivity index (χ4n) is 2.42. The first-order valence-corrected chi connectivity index (χ1v) is 8.25. The van der Waals surface area contributed by atoms with Crippen molar-refractivity contribution in [3.8, 4) is 6.07 Å². The molecule has 0 fully saturated rings. The molecule has 3 N–H and O–H groups in total. The van der Waals surface area contributed by atoms with Crippen molar-refractivity contribution in [2.45, 2.75) is 51.1 Å². The second-order valence-corrected chi connectivity index (χ2v) is 5.85. The van der Waals surface area contributed by atoms with Crippen LogP contribution in [0.5, 0.6) is 0 Å². The van der Waals surface area contributed by atoms with Crippen LogP contribution in [-0.2, 0) is 20.8 Å². The molecule has 0 aliphatic rings. The molecule has 7 nitrogen and oxygen atoms in total. The van der Waals surface area contributed by atoms with Crippen LogP contribution in [0.25, 0.3) is 0 Å². The van der Waals surface area contributed by atoms with E-state index in [0.717, 1.165) is 0 Å². The molecule has 1 aromatic rings. The summed E-state index contributed by atoms with van der Waals surface area (Å²) in [6.07, 6.45) is 1.36. The molecule has 0 radical (unpaired) electrons. The number of carboxylic acid groups (broad SMARTS) is 1. The van der Waals surface area contributed by atoms with E-state index in [1.165, 1.54) is 25.1 Å². The third kappa shape index (κ3) is 7.30. The van der Waals surface area contributed by atoms with Crippen LogP contribution in [0.2, 0.25) is 0 Å². The van der Waals surface area contributed by atoms with E-state index in [1.54, 1.807) is 6.07 Å². The minimum Gasteiger partial charge on any atom is -0.480 e. The Labute approximate surface area is 151 Å². The van der Waals surface area contributed by atoms with Crippen LogP contribution < -0.4 is 10.6 Å². The van der Waals surface area contributed by atoms with E-state index in [-0.39, 0.29) is 18.4 Å². The zero-order valence-electron chi connectivity index (χ0n) is 14.5. The maximum atomic E-state index is 13.8. The lowest BCUT2D eigenvalue weighted by Crippen LogP contribution is -2.52. The van der Waals surface area contributed by atoms with E-state index < -0.39 is 35.7 Å². The van der Waals surface area contributed by atoms with E-state index in [2.05, 4.69) is 10.6 Å². The number of carbonyl (C=O) groups excluding carboxylic acids is 2. The highest BCUT2D eigenvalue weighted by atomic mass is 19.1. The number of benzene rings is 1. The van der Waals surface area contributed by atoms with E-state index >= 15 is 0 Å². The molecule has 0 aromatic heterocycles. The number of nitrogens with zero attached hydrogens (tertiary/aromatic N) is 1. The maximum Gasteiger partial charge on any atom is 0.326 e. The van der Waals surface area contributed by atoms with Crippen molar-refractivity contribution >= 4 is 17.8 Å². The fourth-order valence-corrected chi connectivity index (χ4v) is 2.42. The van der Waals surface area contributed by atoms with Gasteiger partial charge in [0.2, 0.25) is 11.8 Å². The van der Waals surface area contributed by atoms with Gasteiger partial charge in [-0.1, -0.05) is 18.2 Å². The van der Waals surface area contributed by atoms with Gasteiger partial charge in [0.1, 0.15) is 17.9 Å². The van der Waals surface area contributed by atoms with Crippen molar-refractivity contribution in [1.29, 1.82) is 5.26 Å². The third-order valence-electron chi connectivity index (χ3n) is 3.72. The Morgan fingerprint density at radius 1 is 1.19 bits per heavy atom.